The number of halogens is 2. The van der Waals surface area contributed by atoms with Gasteiger partial charge in [-0.2, -0.15) is 0 Å². The van der Waals surface area contributed by atoms with Crippen molar-refractivity contribution in [2.24, 2.45) is 0 Å². The van der Waals surface area contributed by atoms with Gasteiger partial charge in [-0.05, 0) is 41.8 Å². The maximum atomic E-state index is 13.9. The predicted molar refractivity (Wildman–Crippen MR) is 97.7 cm³/mol. The van der Waals surface area contributed by atoms with E-state index in [4.69, 9.17) is 0 Å². The quantitative estimate of drug-likeness (QED) is 0.639. The maximum Gasteiger partial charge on any atom is 0.256 e. The molecule has 1 N–H and O–H groups in total. The molecule has 0 aliphatic carbocycles. The Kier molecular flexibility index (Phi) is 5.06. The summed E-state index contributed by atoms with van der Waals surface area (Å²) in [7, 11) is 0. The van der Waals surface area contributed by atoms with Gasteiger partial charge in [0.05, 0.1) is 5.69 Å². The second-order valence-corrected chi connectivity index (χ2v) is 6.31. The van der Waals surface area contributed by atoms with Crippen LogP contribution in [0.1, 0.15) is 21.5 Å². The molecule has 3 aromatic carbocycles. The molecular formula is C20H15BrFNO. The minimum atomic E-state index is -0.474. The number of carbonyl (C=O) groups is 1. The molecule has 3 aromatic rings. The zero-order chi connectivity index (χ0) is 16.9. The van der Waals surface area contributed by atoms with E-state index in [2.05, 4.69) is 21.2 Å². The van der Waals surface area contributed by atoms with E-state index in [1.54, 1.807) is 18.2 Å². The van der Waals surface area contributed by atoms with E-state index < -0.39 is 5.82 Å². The number of benzene rings is 3. The summed E-state index contributed by atoms with van der Waals surface area (Å²) in [6, 6.07) is 21.9. The summed E-state index contributed by atoms with van der Waals surface area (Å²) in [6.45, 7) is 0. The van der Waals surface area contributed by atoms with Crippen LogP contribution in [0.3, 0.4) is 0 Å². The van der Waals surface area contributed by atoms with Gasteiger partial charge in [0.2, 0.25) is 0 Å². The standard InChI is InChI=1S/C20H15BrFNO/c21-16-10-11-19(18(22)13-16)23-20(24)17-9-5-4-8-15(17)12-14-6-2-1-3-7-14/h1-11,13H,12H2,(H,23,24). The predicted octanol–water partition coefficient (Wildman–Crippen LogP) is 5.43. The van der Waals surface area contributed by atoms with Gasteiger partial charge >= 0.3 is 0 Å². The summed E-state index contributed by atoms with van der Waals surface area (Å²) >= 11 is 3.20. The zero-order valence-corrected chi connectivity index (χ0v) is 14.4. The van der Waals surface area contributed by atoms with Crippen molar-refractivity contribution in [1.29, 1.82) is 0 Å². The van der Waals surface area contributed by atoms with Crippen LogP contribution in [-0.4, -0.2) is 5.91 Å². The normalized spacial score (nSPS) is 10.4. The summed E-state index contributed by atoms with van der Waals surface area (Å²) in [5, 5.41) is 2.65. The molecule has 0 spiro atoms. The molecule has 0 aliphatic rings. The number of anilines is 1. The van der Waals surface area contributed by atoms with E-state index in [0.717, 1.165) is 11.1 Å². The summed E-state index contributed by atoms with van der Waals surface area (Å²) in [6.07, 6.45) is 0.646. The van der Waals surface area contributed by atoms with Crippen LogP contribution in [0.2, 0.25) is 0 Å². The fourth-order valence-electron chi connectivity index (χ4n) is 2.49. The first-order chi connectivity index (χ1) is 11.6. The lowest BCUT2D eigenvalue weighted by atomic mass is 9.99. The molecule has 0 heterocycles. The second kappa shape index (κ2) is 7.41. The Morgan fingerprint density at radius 2 is 1.67 bits per heavy atom. The van der Waals surface area contributed by atoms with Crippen molar-refractivity contribution in [2.45, 2.75) is 6.42 Å². The number of hydrogen-bond acceptors (Lipinski definition) is 1. The highest BCUT2D eigenvalue weighted by atomic mass is 79.9. The zero-order valence-electron chi connectivity index (χ0n) is 12.8. The first-order valence-corrected chi connectivity index (χ1v) is 8.31. The molecule has 0 aliphatic heterocycles. The molecule has 120 valence electrons. The molecule has 24 heavy (non-hydrogen) atoms. The molecule has 0 unspecified atom stereocenters. The van der Waals surface area contributed by atoms with Gasteiger partial charge in [-0.3, -0.25) is 4.79 Å². The number of nitrogens with one attached hydrogen (secondary N) is 1. The largest absolute Gasteiger partial charge is 0.319 e. The van der Waals surface area contributed by atoms with Gasteiger partial charge in [0.25, 0.3) is 5.91 Å². The van der Waals surface area contributed by atoms with Gasteiger partial charge in [0, 0.05) is 10.0 Å². The Balaban J connectivity index is 1.85. The Hall–Kier alpha value is -2.46. The van der Waals surface area contributed by atoms with Crippen LogP contribution in [0.5, 0.6) is 0 Å². The minimum absolute atomic E-state index is 0.165. The molecule has 2 nitrogen and oxygen atoms in total. The maximum absolute atomic E-state index is 13.9. The number of carbonyl (C=O) groups excluding carboxylic acids is 1. The molecule has 0 aromatic heterocycles. The third-order valence-corrected chi connectivity index (χ3v) is 4.17. The topological polar surface area (TPSA) is 29.1 Å². The second-order valence-electron chi connectivity index (χ2n) is 5.40. The van der Waals surface area contributed by atoms with Crippen LogP contribution in [0.25, 0.3) is 0 Å². The third kappa shape index (κ3) is 3.89. The molecule has 0 atom stereocenters. The van der Waals surface area contributed by atoms with E-state index >= 15 is 0 Å². The average Bonchev–Trinajstić information content (AvgIpc) is 2.59. The molecule has 0 radical (unpaired) electrons. The van der Waals surface area contributed by atoms with Crippen molar-refractivity contribution in [3.05, 3.63) is 99.8 Å². The molecule has 0 saturated heterocycles. The van der Waals surface area contributed by atoms with Gasteiger partial charge in [0.1, 0.15) is 5.82 Å². The minimum Gasteiger partial charge on any atom is -0.319 e. The van der Waals surface area contributed by atoms with Crippen LogP contribution in [0.15, 0.2) is 77.3 Å². The molecular weight excluding hydrogens is 369 g/mol. The van der Waals surface area contributed by atoms with Gasteiger partial charge in [-0.15, -0.1) is 0 Å². The first kappa shape index (κ1) is 16.4. The van der Waals surface area contributed by atoms with Crippen LogP contribution in [0, 0.1) is 5.82 Å². The molecule has 0 saturated carbocycles. The van der Waals surface area contributed by atoms with Crippen LogP contribution in [-0.2, 0) is 6.42 Å². The Morgan fingerprint density at radius 1 is 0.958 bits per heavy atom. The van der Waals surface area contributed by atoms with Gasteiger partial charge in [0.15, 0.2) is 0 Å². The van der Waals surface area contributed by atoms with Crippen molar-refractivity contribution in [1.82, 2.24) is 0 Å². The van der Waals surface area contributed by atoms with Crippen LogP contribution >= 0.6 is 15.9 Å². The van der Waals surface area contributed by atoms with E-state index in [1.807, 2.05) is 42.5 Å². The summed E-state index contributed by atoms with van der Waals surface area (Å²) in [5.41, 5.74) is 2.73. The van der Waals surface area contributed by atoms with Crippen molar-refractivity contribution in [2.75, 3.05) is 5.32 Å². The van der Waals surface area contributed by atoms with Crippen molar-refractivity contribution in [3.8, 4) is 0 Å². The van der Waals surface area contributed by atoms with Gasteiger partial charge < -0.3 is 5.32 Å². The SMILES string of the molecule is O=C(Nc1ccc(Br)cc1F)c1ccccc1Cc1ccccc1. The van der Waals surface area contributed by atoms with Crippen LogP contribution < -0.4 is 5.32 Å². The van der Waals surface area contributed by atoms with Crippen molar-refractivity contribution < 1.29 is 9.18 Å². The van der Waals surface area contributed by atoms with E-state index in [9.17, 15) is 9.18 Å². The van der Waals surface area contributed by atoms with Crippen molar-refractivity contribution in [3.63, 3.8) is 0 Å². The van der Waals surface area contributed by atoms with Gasteiger partial charge in [-0.25, -0.2) is 4.39 Å². The summed E-state index contributed by atoms with van der Waals surface area (Å²) in [4.78, 5) is 12.6. The number of amides is 1. The van der Waals surface area contributed by atoms with Crippen molar-refractivity contribution >= 4 is 27.5 Å². The molecule has 4 heteroatoms. The first-order valence-electron chi connectivity index (χ1n) is 7.52. The fraction of sp³-hybridized carbons (Fsp3) is 0.0500. The Morgan fingerprint density at radius 3 is 2.42 bits per heavy atom. The molecule has 1 amide bonds. The highest BCUT2D eigenvalue weighted by molar-refractivity contribution is 9.10. The lowest BCUT2D eigenvalue weighted by molar-refractivity contribution is 0.102. The lowest BCUT2D eigenvalue weighted by Crippen LogP contribution is -2.15. The monoisotopic (exact) mass is 383 g/mol. The smallest absolute Gasteiger partial charge is 0.256 e. The molecule has 0 bridgehead atoms. The summed E-state index contributed by atoms with van der Waals surface area (Å²) < 4.78 is 14.6. The van der Waals surface area contributed by atoms with E-state index in [1.165, 1.54) is 12.1 Å². The third-order valence-electron chi connectivity index (χ3n) is 3.68. The van der Waals surface area contributed by atoms with Gasteiger partial charge in [-0.1, -0.05) is 64.5 Å². The average molecular weight is 384 g/mol. The fourth-order valence-corrected chi connectivity index (χ4v) is 2.83. The van der Waals surface area contributed by atoms with E-state index in [-0.39, 0.29) is 11.6 Å². The highest BCUT2D eigenvalue weighted by Gasteiger charge is 2.13. The number of hydrogen-bond donors (Lipinski definition) is 1. The lowest BCUT2D eigenvalue weighted by Gasteiger charge is -2.11. The summed E-state index contributed by atoms with van der Waals surface area (Å²) in [5.74, 6) is -0.791. The van der Waals surface area contributed by atoms with Crippen LogP contribution in [0.4, 0.5) is 10.1 Å². The van der Waals surface area contributed by atoms with E-state index in [0.29, 0.717) is 16.5 Å². The molecule has 3 rings (SSSR count). The highest BCUT2D eigenvalue weighted by Crippen LogP contribution is 2.21. The Labute approximate surface area is 148 Å². The molecule has 0 fully saturated rings. The Bertz CT molecular complexity index is 865. The number of rotatable bonds is 4.